The van der Waals surface area contributed by atoms with E-state index in [-0.39, 0.29) is 12.6 Å². The van der Waals surface area contributed by atoms with Crippen LogP contribution in [0.2, 0.25) is 0 Å². The van der Waals surface area contributed by atoms with Gasteiger partial charge in [-0.15, -0.1) is 0 Å². The third-order valence-electron chi connectivity index (χ3n) is 3.64. The number of hydrogen-bond donors (Lipinski definition) is 2. The van der Waals surface area contributed by atoms with Crippen LogP contribution in [0.15, 0.2) is 42.5 Å². The number of anilines is 1. The molecule has 150 valence electrons. The van der Waals surface area contributed by atoms with Crippen molar-refractivity contribution in [3.8, 4) is 17.2 Å². The Hall–Kier alpha value is -3.42. The zero-order valence-electron chi connectivity index (χ0n) is 16.1. The van der Waals surface area contributed by atoms with Crippen molar-refractivity contribution in [2.45, 2.75) is 6.92 Å². The summed E-state index contributed by atoms with van der Waals surface area (Å²) in [5.74, 6) is 1.41. The molecule has 0 aliphatic heterocycles. The van der Waals surface area contributed by atoms with Gasteiger partial charge in [-0.1, -0.05) is 0 Å². The van der Waals surface area contributed by atoms with Crippen LogP contribution in [0.25, 0.3) is 0 Å². The van der Waals surface area contributed by atoms with Crippen molar-refractivity contribution in [2.24, 2.45) is 0 Å². The average Bonchev–Trinajstić information content (AvgIpc) is 2.71. The van der Waals surface area contributed by atoms with Crippen LogP contribution in [-0.4, -0.2) is 46.0 Å². The number of carbonyl (C=O) groups is 2. The molecule has 8 heteroatoms. The molecule has 8 nitrogen and oxygen atoms in total. The van der Waals surface area contributed by atoms with Crippen LogP contribution in [0.3, 0.4) is 0 Å². The van der Waals surface area contributed by atoms with Gasteiger partial charge < -0.3 is 29.6 Å². The number of ether oxygens (including phenoxy) is 4. The highest BCUT2D eigenvalue weighted by Gasteiger charge is 2.07. The average molecular weight is 388 g/mol. The second kappa shape index (κ2) is 10.7. The van der Waals surface area contributed by atoms with Gasteiger partial charge in [-0.05, 0) is 31.2 Å². The number of esters is 1. The van der Waals surface area contributed by atoms with E-state index in [1.165, 1.54) is 0 Å². The largest absolute Gasteiger partial charge is 0.496 e. The second-order valence-corrected chi connectivity index (χ2v) is 5.58. The molecule has 2 N–H and O–H groups in total. The maximum absolute atomic E-state index is 11.9. The summed E-state index contributed by atoms with van der Waals surface area (Å²) in [7, 11) is 3.12. The Balaban J connectivity index is 1.76. The van der Waals surface area contributed by atoms with Crippen LogP contribution in [-0.2, 0) is 4.74 Å². The van der Waals surface area contributed by atoms with Crippen molar-refractivity contribution < 1.29 is 28.5 Å². The normalized spacial score (nSPS) is 9.96. The summed E-state index contributed by atoms with van der Waals surface area (Å²) in [5.41, 5.74) is 0.985. The van der Waals surface area contributed by atoms with Crippen molar-refractivity contribution in [3.05, 3.63) is 48.0 Å². The predicted octanol–water partition coefficient (Wildman–Crippen LogP) is 3.08. The highest BCUT2D eigenvalue weighted by Crippen LogP contribution is 2.27. The quantitative estimate of drug-likeness (QED) is 0.506. The predicted molar refractivity (Wildman–Crippen MR) is 104 cm³/mol. The lowest BCUT2D eigenvalue weighted by Gasteiger charge is -2.11. The first kappa shape index (κ1) is 20.9. The molecule has 0 fully saturated rings. The van der Waals surface area contributed by atoms with Crippen molar-refractivity contribution in [1.82, 2.24) is 5.32 Å². The minimum absolute atomic E-state index is 0.269. The van der Waals surface area contributed by atoms with Gasteiger partial charge in [-0.25, -0.2) is 9.59 Å². The minimum atomic E-state index is -0.398. The summed E-state index contributed by atoms with van der Waals surface area (Å²) in [5, 5.41) is 5.36. The van der Waals surface area contributed by atoms with E-state index in [0.717, 1.165) is 0 Å². The molecule has 0 atom stereocenters. The molecule has 0 heterocycles. The smallest absolute Gasteiger partial charge is 0.338 e. The Morgan fingerprint density at radius 2 is 1.54 bits per heavy atom. The van der Waals surface area contributed by atoms with Crippen LogP contribution < -0.4 is 24.8 Å². The molecule has 0 unspecified atom stereocenters. The van der Waals surface area contributed by atoms with Crippen LogP contribution in [0, 0.1) is 0 Å². The Kier molecular flexibility index (Phi) is 7.95. The molecule has 0 saturated heterocycles. The molecule has 0 aliphatic carbocycles. The van der Waals surface area contributed by atoms with Crippen LogP contribution in [0.4, 0.5) is 10.5 Å². The molecule has 2 amide bonds. The van der Waals surface area contributed by atoms with Gasteiger partial charge in [-0.3, -0.25) is 0 Å². The molecule has 2 aromatic rings. The summed E-state index contributed by atoms with van der Waals surface area (Å²) in [4.78, 5) is 23.5. The van der Waals surface area contributed by atoms with Gasteiger partial charge in [0.2, 0.25) is 0 Å². The van der Waals surface area contributed by atoms with Gasteiger partial charge in [0.1, 0.15) is 23.9 Å². The van der Waals surface area contributed by atoms with Gasteiger partial charge in [0.15, 0.2) is 0 Å². The first-order valence-electron chi connectivity index (χ1n) is 8.73. The van der Waals surface area contributed by atoms with E-state index < -0.39 is 5.97 Å². The first-order chi connectivity index (χ1) is 13.5. The Bertz CT molecular complexity index is 770. The van der Waals surface area contributed by atoms with Crippen molar-refractivity contribution in [1.29, 1.82) is 0 Å². The number of carbonyl (C=O) groups excluding carboxylic acids is 2. The molecule has 0 spiro atoms. The van der Waals surface area contributed by atoms with Gasteiger partial charge in [0, 0.05) is 23.9 Å². The number of benzene rings is 2. The molecule has 0 bridgehead atoms. The Morgan fingerprint density at radius 3 is 2.11 bits per heavy atom. The van der Waals surface area contributed by atoms with E-state index in [2.05, 4.69) is 10.6 Å². The fourth-order valence-corrected chi connectivity index (χ4v) is 2.28. The molecule has 28 heavy (non-hydrogen) atoms. The van der Waals surface area contributed by atoms with Crippen molar-refractivity contribution in [2.75, 3.05) is 39.3 Å². The summed E-state index contributed by atoms with van der Waals surface area (Å²) >= 11 is 0. The molecular formula is C20H24N2O6. The summed E-state index contributed by atoms with van der Waals surface area (Å²) < 4.78 is 20.9. The third-order valence-corrected chi connectivity index (χ3v) is 3.64. The molecule has 0 aromatic heterocycles. The van der Waals surface area contributed by atoms with Crippen LogP contribution >= 0.6 is 0 Å². The van der Waals surface area contributed by atoms with E-state index in [1.807, 2.05) is 0 Å². The number of amides is 2. The lowest BCUT2D eigenvalue weighted by molar-refractivity contribution is 0.0526. The maximum Gasteiger partial charge on any atom is 0.338 e. The van der Waals surface area contributed by atoms with Gasteiger partial charge >= 0.3 is 12.0 Å². The van der Waals surface area contributed by atoms with E-state index in [4.69, 9.17) is 18.9 Å². The zero-order valence-corrected chi connectivity index (χ0v) is 16.1. The topological polar surface area (TPSA) is 95.1 Å². The fraction of sp³-hybridized carbons (Fsp3) is 0.300. The van der Waals surface area contributed by atoms with E-state index in [9.17, 15) is 9.59 Å². The molecule has 2 rings (SSSR count). The number of urea groups is 1. The Morgan fingerprint density at radius 1 is 0.929 bits per heavy atom. The first-order valence-corrected chi connectivity index (χ1v) is 8.73. The van der Waals surface area contributed by atoms with Gasteiger partial charge in [0.25, 0.3) is 0 Å². The molecular weight excluding hydrogens is 364 g/mol. The number of rotatable bonds is 9. The molecule has 0 aliphatic rings. The Labute approximate surface area is 163 Å². The van der Waals surface area contributed by atoms with Crippen LogP contribution in [0.5, 0.6) is 17.2 Å². The lowest BCUT2D eigenvalue weighted by atomic mass is 10.2. The monoisotopic (exact) mass is 388 g/mol. The summed E-state index contributed by atoms with van der Waals surface area (Å²) in [6, 6.07) is 11.3. The molecule has 0 radical (unpaired) electrons. The van der Waals surface area contributed by atoms with E-state index >= 15 is 0 Å². The maximum atomic E-state index is 11.9. The second-order valence-electron chi connectivity index (χ2n) is 5.58. The standard InChI is InChI=1S/C20H24N2O6/c1-4-27-19(23)14-5-7-15(8-6-14)22-20(24)21-9-10-28-18-12-16(25-2)11-17(13-18)26-3/h5-8,11-13H,4,9-10H2,1-3H3,(H2,21,22,24). The van der Waals surface area contributed by atoms with Crippen LogP contribution in [0.1, 0.15) is 17.3 Å². The summed E-state index contributed by atoms with van der Waals surface area (Å²) in [6.45, 7) is 2.62. The lowest BCUT2D eigenvalue weighted by Crippen LogP contribution is -2.32. The zero-order chi connectivity index (χ0) is 20.4. The SMILES string of the molecule is CCOC(=O)c1ccc(NC(=O)NCCOc2cc(OC)cc(OC)c2)cc1. The van der Waals surface area contributed by atoms with E-state index in [0.29, 0.717) is 41.7 Å². The summed E-state index contributed by atoms with van der Waals surface area (Å²) in [6.07, 6.45) is 0. The molecule has 2 aromatic carbocycles. The minimum Gasteiger partial charge on any atom is -0.496 e. The number of hydrogen-bond acceptors (Lipinski definition) is 6. The number of methoxy groups -OCH3 is 2. The van der Waals surface area contributed by atoms with Crippen molar-refractivity contribution in [3.63, 3.8) is 0 Å². The van der Waals surface area contributed by atoms with Gasteiger partial charge in [0.05, 0.1) is 32.9 Å². The fourth-order valence-electron chi connectivity index (χ4n) is 2.28. The number of nitrogens with one attached hydrogen (secondary N) is 2. The van der Waals surface area contributed by atoms with Gasteiger partial charge in [-0.2, -0.15) is 0 Å². The van der Waals surface area contributed by atoms with Crippen molar-refractivity contribution >= 4 is 17.7 Å². The highest BCUT2D eigenvalue weighted by molar-refractivity contribution is 5.92. The third kappa shape index (κ3) is 6.39. The molecule has 0 saturated carbocycles. The highest BCUT2D eigenvalue weighted by atomic mass is 16.5. The van der Waals surface area contributed by atoms with E-state index in [1.54, 1.807) is 63.6 Å².